The first kappa shape index (κ1) is 27.9. The number of rotatable bonds is 12. The van der Waals surface area contributed by atoms with Crippen LogP contribution in [0, 0.1) is 0 Å². The fourth-order valence-electron chi connectivity index (χ4n) is 3.34. The zero-order valence-corrected chi connectivity index (χ0v) is 22.3. The summed E-state index contributed by atoms with van der Waals surface area (Å²) in [5.41, 5.74) is 1.25. The van der Waals surface area contributed by atoms with Gasteiger partial charge in [0, 0.05) is 5.56 Å². The van der Waals surface area contributed by atoms with Gasteiger partial charge in [-0.05, 0) is 45.9 Å². The molecule has 1 aliphatic heterocycles. The Morgan fingerprint density at radius 1 is 0.833 bits per heavy atom. The molecule has 0 bridgehead atoms. The summed E-state index contributed by atoms with van der Waals surface area (Å²) in [4.78, 5) is 12.5. The van der Waals surface area contributed by atoms with Gasteiger partial charge in [-0.25, -0.2) is 4.57 Å². The van der Waals surface area contributed by atoms with Crippen molar-refractivity contribution in [2.24, 2.45) is 10.2 Å². The first-order valence-electron chi connectivity index (χ1n) is 11.4. The van der Waals surface area contributed by atoms with Crippen molar-refractivity contribution in [2.45, 2.75) is 27.7 Å². The van der Waals surface area contributed by atoms with E-state index in [-0.39, 0.29) is 48.9 Å². The van der Waals surface area contributed by atoms with E-state index in [1.54, 1.807) is 64.1 Å². The van der Waals surface area contributed by atoms with Gasteiger partial charge in [-0.15, -0.1) is 10.2 Å². The number of benzene rings is 2. The summed E-state index contributed by atoms with van der Waals surface area (Å²) < 4.78 is 54.1. The first-order chi connectivity index (χ1) is 17.3. The van der Waals surface area contributed by atoms with Gasteiger partial charge in [0.1, 0.15) is 0 Å². The summed E-state index contributed by atoms with van der Waals surface area (Å²) in [6.45, 7) is 6.86. The Labute approximate surface area is 210 Å². The van der Waals surface area contributed by atoms with Crippen molar-refractivity contribution in [1.82, 2.24) is 0 Å². The standard InChI is InChI=1S/C23H29N3O8P2/c1-5-30-35(28,31-6-2)20-16-12-10-14-18(20)23(34-36(29,32-7-3)33-8-4)26-25-21-17-13-9-11-15-19(17)24-22(21)27/h9-16H,5-8H2,1-4H3,(H,24,25,27)/b26-23+. The lowest BCUT2D eigenvalue weighted by molar-refractivity contribution is -0.110. The number of phosphoric ester groups is 1. The molecule has 0 spiro atoms. The van der Waals surface area contributed by atoms with Crippen molar-refractivity contribution >= 4 is 43.9 Å². The van der Waals surface area contributed by atoms with Crippen LogP contribution in [0.25, 0.3) is 0 Å². The van der Waals surface area contributed by atoms with E-state index >= 15 is 0 Å². The average Bonchev–Trinajstić information content (AvgIpc) is 3.17. The van der Waals surface area contributed by atoms with Gasteiger partial charge in [-0.1, -0.05) is 30.3 Å². The fourth-order valence-corrected chi connectivity index (χ4v) is 6.27. The van der Waals surface area contributed by atoms with Crippen molar-refractivity contribution in [2.75, 3.05) is 31.7 Å². The molecular formula is C23H29N3O8P2. The number of para-hydroxylation sites is 1. The number of anilines is 1. The number of carbonyl (C=O) groups excluding carboxylic acids is 1. The summed E-state index contributed by atoms with van der Waals surface area (Å²) in [7, 11) is -7.99. The highest BCUT2D eigenvalue weighted by Gasteiger charge is 2.36. The molecule has 1 N–H and O–H groups in total. The Morgan fingerprint density at radius 2 is 1.42 bits per heavy atom. The van der Waals surface area contributed by atoms with Crippen LogP contribution in [0.1, 0.15) is 38.8 Å². The van der Waals surface area contributed by atoms with Crippen molar-refractivity contribution in [3.8, 4) is 0 Å². The number of hydrogen-bond donors (Lipinski definition) is 1. The molecule has 11 nitrogen and oxygen atoms in total. The molecule has 0 radical (unpaired) electrons. The maximum absolute atomic E-state index is 13.6. The summed E-state index contributed by atoms with van der Waals surface area (Å²) in [6.07, 6.45) is 0. The number of nitrogens with zero attached hydrogens (tertiary/aromatic N) is 2. The van der Waals surface area contributed by atoms with E-state index in [4.69, 9.17) is 22.6 Å². The zero-order chi connectivity index (χ0) is 26.2. The molecule has 1 aliphatic rings. The minimum atomic E-state index is -4.16. The molecule has 0 unspecified atom stereocenters. The van der Waals surface area contributed by atoms with Gasteiger partial charge in [0.05, 0.1) is 43.0 Å². The Kier molecular flexibility index (Phi) is 9.73. The lowest BCUT2D eigenvalue weighted by Gasteiger charge is -2.22. The molecule has 0 saturated heterocycles. The third-order valence-corrected chi connectivity index (χ3v) is 8.41. The van der Waals surface area contributed by atoms with Gasteiger partial charge in [0.2, 0.25) is 0 Å². The Hall–Kier alpha value is -2.65. The minimum absolute atomic E-state index is 0.0182. The predicted molar refractivity (Wildman–Crippen MR) is 137 cm³/mol. The van der Waals surface area contributed by atoms with E-state index in [2.05, 4.69) is 15.5 Å². The van der Waals surface area contributed by atoms with Crippen molar-refractivity contribution in [3.05, 3.63) is 59.7 Å². The van der Waals surface area contributed by atoms with Gasteiger partial charge in [-0.3, -0.25) is 18.4 Å². The zero-order valence-electron chi connectivity index (χ0n) is 20.5. The molecule has 1 amide bonds. The molecular weight excluding hydrogens is 508 g/mol. The molecule has 0 fully saturated rings. The SMILES string of the molecule is CCOP(=O)(OCC)O/C(=N/N=C1\C(=O)Nc2ccccc21)c1ccccc1P(=O)(OCC)OCC. The normalized spacial score (nSPS) is 15.2. The van der Waals surface area contributed by atoms with Crippen LogP contribution in [-0.2, 0) is 36.5 Å². The van der Waals surface area contributed by atoms with Crippen molar-refractivity contribution in [1.29, 1.82) is 0 Å². The molecule has 3 rings (SSSR count). The Balaban J connectivity index is 2.20. The molecule has 1 heterocycles. The van der Waals surface area contributed by atoms with Crippen LogP contribution >= 0.6 is 15.4 Å². The number of hydrogen-bond acceptors (Lipinski definition) is 10. The van der Waals surface area contributed by atoms with Crippen molar-refractivity contribution in [3.63, 3.8) is 0 Å². The molecule has 194 valence electrons. The van der Waals surface area contributed by atoms with Crippen molar-refractivity contribution < 1.29 is 36.5 Å². The molecule has 0 aromatic heterocycles. The summed E-state index contributed by atoms with van der Waals surface area (Å²) >= 11 is 0. The molecule has 36 heavy (non-hydrogen) atoms. The number of amides is 1. The smallest absolute Gasteiger partial charge is 0.383 e. The number of phosphoric acid groups is 1. The van der Waals surface area contributed by atoms with Crippen LogP contribution in [0.3, 0.4) is 0 Å². The molecule has 2 aromatic carbocycles. The quantitative estimate of drug-likeness (QED) is 0.175. The van der Waals surface area contributed by atoms with Gasteiger partial charge < -0.3 is 18.9 Å². The Bertz CT molecular complexity index is 1230. The van der Waals surface area contributed by atoms with Crippen LogP contribution in [0.2, 0.25) is 0 Å². The van der Waals surface area contributed by atoms with E-state index in [0.29, 0.717) is 11.3 Å². The van der Waals surface area contributed by atoms with E-state index in [9.17, 15) is 13.9 Å². The van der Waals surface area contributed by atoms with E-state index in [1.807, 2.05) is 0 Å². The van der Waals surface area contributed by atoms with Gasteiger partial charge >= 0.3 is 15.4 Å². The monoisotopic (exact) mass is 537 g/mol. The van der Waals surface area contributed by atoms with E-state index in [0.717, 1.165) is 0 Å². The van der Waals surface area contributed by atoms with Crippen LogP contribution in [0.15, 0.2) is 58.7 Å². The fraction of sp³-hybridized carbons (Fsp3) is 0.348. The molecule has 13 heteroatoms. The largest absolute Gasteiger partial charge is 0.531 e. The number of nitrogens with one attached hydrogen (secondary N) is 1. The summed E-state index contributed by atoms with van der Waals surface area (Å²) in [5, 5.41) is 11.0. The first-order valence-corrected chi connectivity index (χ1v) is 14.4. The Morgan fingerprint density at radius 3 is 2.06 bits per heavy atom. The highest BCUT2D eigenvalue weighted by atomic mass is 31.2. The predicted octanol–water partition coefficient (Wildman–Crippen LogP) is 4.88. The lowest BCUT2D eigenvalue weighted by atomic mass is 10.1. The third kappa shape index (κ3) is 6.37. The van der Waals surface area contributed by atoms with Crippen LogP contribution in [-0.4, -0.2) is 43.9 Å². The molecule has 2 aromatic rings. The third-order valence-electron chi connectivity index (χ3n) is 4.69. The average molecular weight is 537 g/mol. The lowest BCUT2D eigenvalue weighted by Crippen LogP contribution is -2.22. The summed E-state index contributed by atoms with van der Waals surface area (Å²) in [6, 6.07) is 13.3. The van der Waals surface area contributed by atoms with Crippen LogP contribution in [0.5, 0.6) is 0 Å². The molecule has 0 atom stereocenters. The van der Waals surface area contributed by atoms with E-state index in [1.165, 1.54) is 12.1 Å². The van der Waals surface area contributed by atoms with Crippen LogP contribution < -0.4 is 10.6 Å². The minimum Gasteiger partial charge on any atom is -0.383 e. The maximum atomic E-state index is 13.6. The second-order valence-electron chi connectivity index (χ2n) is 7.08. The highest BCUT2D eigenvalue weighted by Crippen LogP contribution is 2.52. The molecule has 0 saturated carbocycles. The second-order valence-corrected chi connectivity index (χ2v) is 10.7. The molecule has 0 aliphatic carbocycles. The van der Waals surface area contributed by atoms with Gasteiger partial charge in [0.25, 0.3) is 11.8 Å². The maximum Gasteiger partial charge on any atom is 0.531 e. The number of fused-ring (bicyclic) bond motifs is 1. The van der Waals surface area contributed by atoms with Gasteiger partial charge in [0.15, 0.2) is 5.71 Å². The van der Waals surface area contributed by atoms with E-state index < -0.39 is 21.3 Å². The van der Waals surface area contributed by atoms with Crippen LogP contribution in [0.4, 0.5) is 5.69 Å². The summed E-state index contributed by atoms with van der Waals surface area (Å²) in [5.74, 6) is -0.820. The number of carbonyl (C=O) groups is 1. The highest BCUT2D eigenvalue weighted by molar-refractivity contribution is 7.62. The second kappa shape index (κ2) is 12.5. The van der Waals surface area contributed by atoms with Gasteiger partial charge in [-0.2, -0.15) is 0 Å². The topological polar surface area (TPSA) is 134 Å².